The van der Waals surface area contributed by atoms with Crippen LogP contribution in [0.25, 0.3) is 0 Å². The largest absolute Gasteiger partial charge is 0.369 e. The van der Waals surface area contributed by atoms with Crippen LogP contribution in [0.3, 0.4) is 0 Å². The molecule has 0 aromatic heterocycles. The van der Waals surface area contributed by atoms with E-state index in [1.807, 2.05) is 17.0 Å². The Morgan fingerprint density at radius 3 is 2.50 bits per heavy atom. The Labute approximate surface area is 155 Å². The number of anilines is 1. The predicted molar refractivity (Wildman–Crippen MR) is 100 cm³/mol. The van der Waals surface area contributed by atoms with E-state index in [1.54, 1.807) is 12.1 Å². The van der Waals surface area contributed by atoms with Crippen LogP contribution in [0, 0.1) is 21.4 Å². The molecule has 9 heteroatoms. The van der Waals surface area contributed by atoms with Crippen molar-refractivity contribution in [1.82, 2.24) is 0 Å². The summed E-state index contributed by atoms with van der Waals surface area (Å²) in [5.41, 5.74) is 7.41. The van der Waals surface area contributed by atoms with E-state index in [0.717, 1.165) is 5.69 Å². The Hall–Kier alpha value is -3.02. The van der Waals surface area contributed by atoms with Gasteiger partial charge in [0, 0.05) is 37.5 Å². The Bertz CT molecular complexity index is 832. The summed E-state index contributed by atoms with van der Waals surface area (Å²) in [7, 11) is 0. The number of hydrogen-bond acceptors (Lipinski definition) is 7. The first-order valence-electron chi connectivity index (χ1n) is 7.83. The summed E-state index contributed by atoms with van der Waals surface area (Å²) in [6.45, 7) is 1.75. The third-order valence-corrected chi connectivity index (χ3v) is 3.83. The highest BCUT2D eigenvalue weighted by Gasteiger charge is 2.09. The lowest BCUT2D eigenvalue weighted by Crippen LogP contribution is -2.30. The van der Waals surface area contributed by atoms with Crippen molar-refractivity contribution in [2.45, 2.75) is 6.42 Å². The van der Waals surface area contributed by atoms with Gasteiger partial charge >= 0.3 is 0 Å². The van der Waals surface area contributed by atoms with Gasteiger partial charge in [-0.3, -0.25) is 10.1 Å². The maximum absolute atomic E-state index is 10.7. The molecule has 8 nitrogen and oxygen atoms in total. The molecule has 134 valence electrons. The number of azo groups is 1. The van der Waals surface area contributed by atoms with E-state index in [2.05, 4.69) is 16.3 Å². The maximum Gasteiger partial charge on any atom is 0.271 e. The summed E-state index contributed by atoms with van der Waals surface area (Å²) in [6, 6.07) is 13.4. The van der Waals surface area contributed by atoms with Crippen molar-refractivity contribution < 1.29 is 4.92 Å². The van der Waals surface area contributed by atoms with Crippen LogP contribution in [0.15, 0.2) is 52.7 Å². The van der Waals surface area contributed by atoms with E-state index in [4.69, 9.17) is 22.6 Å². The first kappa shape index (κ1) is 19.3. The van der Waals surface area contributed by atoms with Crippen LogP contribution in [0.1, 0.15) is 6.42 Å². The third-order valence-electron chi connectivity index (χ3n) is 3.52. The molecule has 0 atom stereocenters. The zero-order valence-electron chi connectivity index (χ0n) is 13.9. The van der Waals surface area contributed by atoms with Gasteiger partial charge in [-0.15, -0.1) is 5.11 Å². The van der Waals surface area contributed by atoms with Crippen molar-refractivity contribution in [3.63, 3.8) is 0 Å². The minimum Gasteiger partial charge on any atom is -0.369 e. The van der Waals surface area contributed by atoms with Crippen molar-refractivity contribution >= 4 is 34.4 Å². The quantitative estimate of drug-likeness (QED) is 0.419. The Morgan fingerprint density at radius 2 is 1.92 bits per heavy atom. The van der Waals surface area contributed by atoms with Gasteiger partial charge in [0.05, 0.1) is 28.1 Å². The highest BCUT2D eigenvalue weighted by atomic mass is 35.5. The number of hydrogen-bond donors (Lipinski definition) is 1. The van der Waals surface area contributed by atoms with Crippen molar-refractivity contribution in [2.75, 3.05) is 24.5 Å². The van der Waals surface area contributed by atoms with Crippen molar-refractivity contribution in [3.05, 3.63) is 57.6 Å². The van der Waals surface area contributed by atoms with Crippen LogP contribution in [0.5, 0.6) is 0 Å². The number of nitriles is 1. The molecule has 0 saturated carbocycles. The highest BCUT2D eigenvalue weighted by Crippen LogP contribution is 2.30. The summed E-state index contributed by atoms with van der Waals surface area (Å²) in [5.74, 6) is 0. The van der Waals surface area contributed by atoms with E-state index in [-0.39, 0.29) is 10.7 Å². The second-order valence-electron chi connectivity index (χ2n) is 5.29. The molecule has 26 heavy (non-hydrogen) atoms. The lowest BCUT2D eigenvalue weighted by molar-refractivity contribution is -0.384. The summed E-state index contributed by atoms with van der Waals surface area (Å²) in [5, 5.41) is 27.7. The fourth-order valence-corrected chi connectivity index (χ4v) is 2.46. The molecule has 2 aromatic carbocycles. The molecule has 0 aliphatic heterocycles. The van der Waals surface area contributed by atoms with E-state index in [9.17, 15) is 10.1 Å². The van der Waals surface area contributed by atoms with E-state index < -0.39 is 4.92 Å². The number of benzene rings is 2. The van der Waals surface area contributed by atoms with Gasteiger partial charge in [-0.1, -0.05) is 11.6 Å². The average Bonchev–Trinajstić information content (AvgIpc) is 2.64. The molecule has 2 N–H and O–H groups in total. The van der Waals surface area contributed by atoms with Gasteiger partial charge in [-0.2, -0.15) is 10.4 Å². The number of nitro groups is 1. The molecule has 0 fully saturated rings. The number of nitro benzene ring substituents is 1. The van der Waals surface area contributed by atoms with Gasteiger partial charge in [0.15, 0.2) is 0 Å². The molecular formula is C17H17ClN6O2. The Kier molecular flexibility index (Phi) is 7.02. The van der Waals surface area contributed by atoms with Crippen LogP contribution in [0.2, 0.25) is 5.02 Å². The molecule has 2 rings (SSSR count). The molecule has 0 unspecified atom stereocenters. The molecule has 0 spiro atoms. The number of rotatable bonds is 8. The highest BCUT2D eigenvalue weighted by molar-refractivity contribution is 6.33. The van der Waals surface area contributed by atoms with Crippen LogP contribution in [-0.4, -0.2) is 24.6 Å². The topological polar surface area (TPSA) is 121 Å². The molecule has 0 radical (unpaired) electrons. The van der Waals surface area contributed by atoms with Gasteiger partial charge in [-0.25, -0.2) is 0 Å². The van der Waals surface area contributed by atoms with E-state index >= 15 is 0 Å². The van der Waals surface area contributed by atoms with Gasteiger partial charge in [0.25, 0.3) is 5.69 Å². The summed E-state index contributed by atoms with van der Waals surface area (Å²) < 4.78 is 0. The van der Waals surface area contributed by atoms with Gasteiger partial charge in [0.1, 0.15) is 5.69 Å². The minimum atomic E-state index is -0.523. The molecule has 0 amide bonds. The van der Waals surface area contributed by atoms with Crippen molar-refractivity contribution in [2.24, 2.45) is 16.0 Å². The van der Waals surface area contributed by atoms with E-state index in [1.165, 1.54) is 18.2 Å². The average molecular weight is 373 g/mol. The Morgan fingerprint density at radius 1 is 1.19 bits per heavy atom. The summed E-state index contributed by atoms with van der Waals surface area (Å²) in [6.07, 6.45) is 0.417. The van der Waals surface area contributed by atoms with Crippen molar-refractivity contribution in [1.29, 1.82) is 5.26 Å². The first-order chi connectivity index (χ1) is 12.5. The molecule has 2 aromatic rings. The van der Waals surface area contributed by atoms with Gasteiger partial charge in [-0.05, 0) is 30.3 Å². The second-order valence-corrected chi connectivity index (χ2v) is 5.70. The molecule has 0 heterocycles. The SMILES string of the molecule is N#CCCN(CCN)c1ccc(/N=N/c2ccc([N+](=O)[O-])cc2Cl)cc1. The number of non-ortho nitro benzene ring substituents is 1. The molecular weight excluding hydrogens is 356 g/mol. The Balaban J connectivity index is 2.12. The molecule has 0 saturated heterocycles. The zero-order chi connectivity index (χ0) is 18.9. The molecule has 0 bridgehead atoms. The van der Waals surface area contributed by atoms with Gasteiger partial charge in [0.2, 0.25) is 0 Å². The standard InChI is InChI=1S/C17H17ClN6O2/c18-16-12-15(24(25)26)6-7-17(16)22-21-13-2-4-14(5-3-13)23(11-9-20)10-1-8-19/h2-7,12H,1,9-11,20H2/b22-21+. The fraction of sp³-hybridized carbons (Fsp3) is 0.235. The van der Waals surface area contributed by atoms with Crippen LogP contribution in [0.4, 0.5) is 22.7 Å². The third kappa shape index (κ3) is 5.24. The van der Waals surface area contributed by atoms with Crippen LogP contribution in [-0.2, 0) is 0 Å². The summed E-state index contributed by atoms with van der Waals surface area (Å²) in [4.78, 5) is 12.2. The summed E-state index contributed by atoms with van der Waals surface area (Å²) >= 11 is 5.99. The lowest BCUT2D eigenvalue weighted by Gasteiger charge is -2.23. The lowest BCUT2D eigenvalue weighted by atomic mass is 10.2. The van der Waals surface area contributed by atoms with Crippen LogP contribution >= 0.6 is 11.6 Å². The monoisotopic (exact) mass is 372 g/mol. The van der Waals surface area contributed by atoms with E-state index in [0.29, 0.717) is 37.4 Å². The first-order valence-corrected chi connectivity index (χ1v) is 8.20. The van der Waals surface area contributed by atoms with Crippen molar-refractivity contribution in [3.8, 4) is 6.07 Å². The smallest absolute Gasteiger partial charge is 0.271 e. The number of nitrogens with two attached hydrogens (primary N) is 1. The normalized spacial score (nSPS) is 10.7. The second kappa shape index (κ2) is 9.46. The number of nitrogens with zero attached hydrogens (tertiary/aromatic N) is 5. The predicted octanol–water partition coefficient (Wildman–Crippen LogP) is 4.34. The maximum atomic E-state index is 10.7. The minimum absolute atomic E-state index is 0.101. The number of halogens is 1. The molecule has 0 aliphatic carbocycles. The van der Waals surface area contributed by atoms with Crippen LogP contribution < -0.4 is 10.6 Å². The fourth-order valence-electron chi connectivity index (χ4n) is 2.24. The van der Waals surface area contributed by atoms with Gasteiger partial charge < -0.3 is 10.6 Å². The zero-order valence-corrected chi connectivity index (χ0v) is 14.6. The molecule has 0 aliphatic rings.